The molecule has 11 nitrogen and oxygen atoms in total. The molecule has 0 bridgehead atoms. The first kappa shape index (κ1) is 18.6. The standard InChI is InChI=1S/C12H20O11/c13-1-3-5(15)6(16)9(19)12(22-3)23-10-4(2-14)21-11(20)8(18)7(10)17/h1,3-12,14-20H,2H2. The number of hydrogen-bond donors (Lipinski definition) is 7. The van der Waals surface area contributed by atoms with E-state index in [0.717, 1.165) is 0 Å². The summed E-state index contributed by atoms with van der Waals surface area (Å²) < 4.78 is 15.1. The van der Waals surface area contributed by atoms with Crippen LogP contribution in [0.25, 0.3) is 0 Å². The van der Waals surface area contributed by atoms with Gasteiger partial charge in [0, 0.05) is 0 Å². The fourth-order valence-corrected chi connectivity index (χ4v) is 2.49. The van der Waals surface area contributed by atoms with Crippen LogP contribution in [0.15, 0.2) is 0 Å². The predicted molar refractivity (Wildman–Crippen MR) is 67.6 cm³/mol. The van der Waals surface area contributed by atoms with E-state index in [1.54, 1.807) is 0 Å². The molecule has 2 heterocycles. The van der Waals surface area contributed by atoms with Crippen molar-refractivity contribution in [2.75, 3.05) is 6.61 Å². The van der Waals surface area contributed by atoms with Gasteiger partial charge in [0.05, 0.1) is 6.61 Å². The van der Waals surface area contributed by atoms with Crippen molar-refractivity contribution >= 4 is 6.29 Å². The van der Waals surface area contributed by atoms with E-state index in [1.165, 1.54) is 0 Å². The van der Waals surface area contributed by atoms with E-state index in [4.69, 9.17) is 14.2 Å². The SMILES string of the molecule is O=CC1OC(OC2C(CO)OC(O)C(O)C2O)C(O)C(O)C1O. The minimum atomic E-state index is -1.77. The zero-order valence-electron chi connectivity index (χ0n) is 11.8. The smallest absolute Gasteiger partial charge is 0.187 e. The number of aliphatic hydroxyl groups excluding tert-OH is 7. The third-order valence-corrected chi connectivity index (χ3v) is 3.87. The van der Waals surface area contributed by atoms with Gasteiger partial charge in [0.25, 0.3) is 0 Å². The van der Waals surface area contributed by atoms with Crippen molar-refractivity contribution in [2.24, 2.45) is 0 Å². The van der Waals surface area contributed by atoms with Crippen LogP contribution in [0, 0.1) is 0 Å². The zero-order chi connectivity index (χ0) is 17.3. The summed E-state index contributed by atoms with van der Waals surface area (Å²) in [5, 5.41) is 67.2. The van der Waals surface area contributed by atoms with E-state index >= 15 is 0 Å². The van der Waals surface area contributed by atoms with Crippen LogP contribution >= 0.6 is 0 Å². The van der Waals surface area contributed by atoms with Crippen molar-refractivity contribution in [1.82, 2.24) is 0 Å². The van der Waals surface area contributed by atoms with Crippen LogP contribution < -0.4 is 0 Å². The molecule has 10 unspecified atom stereocenters. The van der Waals surface area contributed by atoms with Crippen molar-refractivity contribution in [3.63, 3.8) is 0 Å². The van der Waals surface area contributed by atoms with E-state index in [0.29, 0.717) is 0 Å². The van der Waals surface area contributed by atoms with Gasteiger partial charge in [-0.15, -0.1) is 0 Å². The van der Waals surface area contributed by atoms with Gasteiger partial charge in [0.1, 0.15) is 48.8 Å². The first-order valence-corrected chi connectivity index (χ1v) is 6.92. The Morgan fingerprint density at radius 2 is 1.52 bits per heavy atom. The number of hydrogen-bond acceptors (Lipinski definition) is 11. The highest BCUT2D eigenvalue weighted by molar-refractivity contribution is 5.57. The minimum Gasteiger partial charge on any atom is -0.394 e. The van der Waals surface area contributed by atoms with Gasteiger partial charge in [-0.2, -0.15) is 0 Å². The Hall–Kier alpha value is -0.730. The number of aldehydes is 1. The molecule has 0 spiro atoms. The molecular weight excluding hydrogens is 320 g/mol. The molecule has 134 valence electrons. The molecule has 0 aromatic rings. The van der Waals surface area contributed by atoms with Crippen LogP contribution in [-0.2, 0) is 19.0 Å². The first-order valence-electron chi connectivity index (χ1n) is 6.92. The molecule has 2 saturated heterocycles. The normalized spacial score (nSPS) is 51.4. The maximum absolute atomic E-state index is 10.8. The number of ether oxygens (including phenoxy) is 3. The Balaban J connectivity index is 2.13. The van der Waals surface area contributed by atoms with Gasteiger partial charge in [-0.25, -0.2) is 0 Å². The first-order chi connectivity index (χ1) is 10.8. The van der Waals surface area contributed by atoms with Crippen molar-refractivity contribution in [3.05, 3.63) is 0 Å². The zero-order valence-corrected chi connectivity index (χ0v) is 11.8. The van der Waals surface area contributed by atoms with Crippen molar-refractivity contribution in [1.29, 1.82) is 0 Å². The van der Waals surface area contributed by atoms with E-state index in [1.807, 2.05) is 0 Å². The van der Waals surface area contributed by atoms with Gasteiger partial charge < -0.3 is 54.8 Å². The van der Waals surface area contributed by atoms with Crippen molar-refractivity contribution in [2.45, 2.75) is 61.4 Å². The summed E-state index contributed by atoms with van der Waals surface area (Å²) >= 11 is 0. The predicted octanol–water partition coefficient (Wildman–Crippen LogP) is -5.19. The van der Waals surface area contributed by atoms with Crippen LogP contribution in [0.2, 0.25) is 0 Å². The number of carbonyl (C=O) groups is 1. The van der Waals surface area contributed by atoms with Gasteiger partial charge in [0.15, 0.2) is 18.9 Å². The lowest BCUT2D eigenvalue weighted by Crippen LogP contribution is -2.64. The molecule has 23 heavy (non-hydrogen) atoms. The Kier molecular flexibility index (Phi) is 6.02. The highest BCUT2D eigenvalue weighted by Gasteiger charge is 2.50. The van der Waals surface area contributed by atoms with Crippen LogP contribution in [0.4, 0.5) is 0 Å². The molecule has 0 aromatic carbocycles. The molecule has 2 fully saturated rings. The van der Waals surface area contributed by atoms with Crippen LogP contribution in [0.3, 0.4) is 0 Å². The molecule has 2 aliphatic rings. The third-order valence-electron chi connectivity index (χ3n) is 3.87. The van der Waals surface area contributed by atoms with Crippen LogP contribution in [-0.4, -0.2) is 110 Å². The summed E-state index contributed by atoms with van der Waals surface area (Å²) in [7, 11) is 0. The minimum absolute atomic E-state index is 0.200. The van der Waals surface area contributed by atoms with E-state index < -0.39 is 68.0 Å². The molecule has 7 N–H and O–H groups in total. The molecule has 11 heteroatoms. The lowest BCUT2D eigenvalue weighted by Gasteiger charge is -2.44. The molecule has 0 saturated carbocycles. The van der Waals surface area contributed by atoms with Crippen LogP contribution in [0.5, 0.6) is 0 Å². The second-order valence-corrected chi connectivity index (χ2v) is 5.41. The lowest BCUT2D eigenvalue weighted by molar-refractivity contribution is -0.349. The van der Waals surface area contributed by atoms with E-state index in [2.05, 4.69) is 0 Å². The number of rotatable bonds is 4. The number of carbonyl (C=O) groups excluding carboxylic acids is 1. The second kappa shape index (κ2) is 7.44. The van der Waals surface area contributed by atoms with Crippen molar-refractivity contribution < 1.29 is 54.8 Å². The van der Waals surface area contributed by atoms with Gasteiger partial charge >= 0.3 is 0 Å². The molecule has 0 aliphatic carbocycles. The Bertz CT molecular complexity index is 404. The summed E-state index contributed by atoms with van der Waals surface area (Å²) in [6.45, 7) is -0.698. The molecule has 0 amide bonds. The molecule has 2 rings (SSSR count). The largest absolute Gasteiger partial charge is 0.394 e. The summed E-state index contributed by atoms with van der Waals surface area (Å²) in [5.74, 6) is 0. The molecular formula is C12H20O11. The summed E-state index contributed by atoms with van der Waals surface area (Å²) in [4.78, 5) is 10.8. The highest BCUT2D eigenvalue weighted by Crippen LogP contribution is 2.28. The average molecular weight is 340 g/mol. The summed E-state index contributed by atoms with van der Waals surface area (Å²) in [5.41, 5.74) is 0. The fourth-order valence-electron chi connectivity index (χ4n) is 2.49. The maximum Gasteiger partial charge on any atom is 0.187 e. The maximum atomic E-state index is 10.8. The molecule has 2 aliphatic heterocycles. The Labute approximate surface area is 130 Å². The van der Waals surface area contributed by atoms with Gasteiger partial charge in [-0.1, -0.05) is 0 Å². The fraction of sp³-hybridized carbons (Fsp3) is 0.917. The lowest BCUT2D eigenvalue weighted by atomic mass is 9.97. The monoisotopic (exact) mass is 340 g/mol. The van der Waals surface area contributed by atoms with E-state index in [9.17, 15) is 40.5 Å². The highest BCUT2D eigenvalue weighted by atomic mass is 16.7. The Morgan fingerprint density at radius 1 is 0.870 bits per heavy atom. The molecule has 0 aromatic heterocycles. The van der Waals surface area contributed by atoms with E-state index in [-0.39, 0.29) is 6.29 Å². The molecule has 10 atom stereocenters. The third kappa shape index (κ3) is 3.53. The van der Waals surface area contributed by atoms with Gasteiger partial charge in [0.2, 0.25) is 0 Å². The van der Waals surface area contributed by atoms with Crippen LogP contribution in [0.1, 0.15) is 0 Å². The summed E-state index contributed by atoms with van der Waals surface area (Å²) in [6.07, 6.45) is -16.0. The quantitative estimate of drug-likeness (QED) is 0.242. The topological polar surface area (TPSA) is 186 Å². The number of aliphatic hydroxyl groups is 7. The van der Waals surface area contributed by atoms with Gasteiger partial charge in [-0.3, -0.25) is 0 Å². The van der Waals surface area contributed by atoms with Gasteiger partial charge in [-0.05, 0) is 0 Å². The Morgan fingerprint density at radius 3 is 2.09 bits per heavy atom. The average Bonchev–Trinajstić information content (AvgIpc) is 2.55. The second-order valence-electron chi connectivity index (χ2n) is 5.41. The van der Waals surface area contributed by atoms with Crippen molar-refractivity contribution in [3.8, 4) is 0 Å². The molecule has 0 radical (unpaired) electrons. The summed E-state index contributed by atoms with van der Waals surface area (Å²) in [6, 6.07) is 0.